The fourth-order valence-corrected chi connectivity index (χ4v) is 2.54. The summed E-state index contributed by atoms with van der Waals surface area (Å²) in [5.41, 5.74) is 3.08. The van der Waals surface area contributed by atoms with Crippen molar-refractivity contribution in [3.63, 3.8) is 0 Å². The van der Waals surface area contributed by atoms with Gasteiger partial charge in [0.05, 0.1) is 21.7 Å². The molecular formula is C17H15N3O3. The van der Waals surface area contributed by atoms with E-state index in [-0.39, 0.29) is 11.6 Å². The number of rotatable bonds is 3. The van der Waals surface area contributed by atoms with E-state index in [1.165, 1.54) is 17.0 Å². The predicted molar refractivity (Wildman–Crippen MR) is 87.5 cm³/mol. The molecule has 6 nitrogen and oxygen atoms in total. The molecule has 0 saturated heterocycles. The average molecular weight is 309 g/mol. The van der Waals surface area contributed by atoms with Gasteiger partial charge in [0.1, 0.15) is 0 Å². The third kappa shape index (κ3) is 2.55. The molecule has 2 aromatic heterocycles. The number of hydrogen-bond donors (Lipinski definition) is 0. The Morgan fingerprint density at radius 1 is 1.13 bits per heavy atom. The summed E-state index contributed by atoms with van der Waals surface area (Å²) in [6.07, 6.45) is 1.87. The quantitative estimate of drug-likeness (QED) is 0.551. The van der Waals surface area contributed by atoms with Gasteiger partial charge >= 0.3 is 0 Å². The monoisotopic (exact) mass is 309 g/mol. The summed E-state index contributed by atoms with van der Waals surface area (Å²) in [6.45, 7) is 0. The molecule has 3 rings (SSSR count). The Kier molecular flexibility index (Phi) is 3.57. The number of carbonyl (C=O) groups is 1. The average Bonchev–Trinajstić information content (AvgIpc) is 2.93. The van der Waals surface area contributed by atoms with Crippen LogP contribution >= 0.6 is 0 Å². The summed E-state index contributed by atoms with van der Waals surface area (Å²) >= 11 is 0. The van der Waals surface area contributed by atoms with E-state index in [4.69, 9.17) is 0 Å². The Bertz CT molecular complexity index is 895. The van der Waals surface area contributed by atoms with Crippen LogP contribution in [0.15, 0.2) is 54.7 Å². The van der Waals surface area contributed by atoms with Gasteiger partial charge in [-0.25, -0.2) is 0 Å². The molecule has 1 amide bonds. The zero-order valence-electron chi connectivity index (χ0n) is 12.8. The lowest BCUT2D eigenvalue weighted by Crippen LogP contribution is -2.21. The van der Waals surface area contributed by atoms with Crippen LogP contribution < -0.4 is 0 Å². The number of non-ortho nitro benzene ring substituents is 1. The summed E-state index contributed by atoms with van der Waals surface area (Å²) in [4.78, 5) is 24.2. The van der Waals surface area contributed by atoms with Crippen molar-refractivity contribution in [2.45, 2.75) is 0 Å². The van der Waals surface area contributed by atoms with Crippen molar-refractivity contribution in [1.29, 1.82) is 0 Å². The van der Waals surface area contributed by atoms with Crippen LogP contribution in [0.5, 0.6) is 0 Å². The lowest BCUT2D eigenvalue weighted by atomic mass is 10.1. The first-order valence-electron chi connectivity index (χ1n) is 7.05. The third-order valence-corrected chi connectivity index (χ3v) is 3.69. The molecule has 0 radical (unpaired) electrons. The number of benzene rings is 1. The minimum atomic E-state index is -0.430. The number of carbonyl (C=O) groups excluding carboxylic acids is 1. The molecule has 0 aliphatic heterocycles. The topological polar surface area (TPSA) is 67.9 Å². The van der Waals surface area contributed by atoms with E-state index < -0.39 is 4.92 Å². The zero-order valence-corrected chi connectivity index (χ0v) is 12.8. The Morgan fingerprint density at radius 2 is 1.83 bits per heavy atom. The highest BCUT2D eigenvalue weighted by Crippen LogP contribution is 2.28. The Hall–Kier alpha value is -3.15. The molecule has 0 atom stereocenters. The van der Waals surface area contributed by atoms with Gasteiger partial charge in [0.15, 0.2) is 0 Å². The van der Waals surface area contributed by atoms with Gasteiger partial charge in [0.2, 0.25) is 0 Å². The van der Waals surface area contributed by atoms with Crippen LogP contribution in [0, 0.1) is 10.1 Å². The van der Waals surface area contributed by atoms with Gasteiger partial charge in [-0.05, 0) is 35.9 Å². The second kappa shape index (κ2) is 5.57. The standard InChI is InChI=1S/C17H15N3O3/c1-18(2)17(21)14-11-16(19-10-4-3-5-15(14)19)12-6-8-13(9-7-12)20(22)23/h3-11H,1-2H3. The van der Waals surface area contributed by atoms with Crippen molar-refractivity contribution in [3.8, 4) is 11.3 Å². The van der Waals surface area contributed by atoms with E-state index in [2.05, 4.69) is 0 Å². The fourth-order valence-electron chi connectivity index (χ4n) is 2.54. The number of hydrogen-bond acceptors (Lipinski definition) is 3. The summed E-state index contributed by atoms with van der Waals surface area (Å²) in [5.74, 6) is -0.0816. The van der Waals surface area contributed by atoms with Gasteiger partial charge in [-0.2, -0.15) is 0 Å². The molecule has 0 fully saturated rings. The first kappa shape index (κ1) is 14.8. The van der Waals surface area contributed by atoms with E-state index in [9.17, 15) is 14.9 Å². The largest absolute Gasteiger partial charge is 0.345 e. The smallest absolute Gasteiger partial charge is 0.269 e. The summed E-state index contributed by atoms with van der Waals surface area (Å²) in [6, 6.07) is 13.8. The maximum Gasteiger partial charge on any atom is 0.269 e. The number of nitro groups is 1. The van der Waals surface area contributed by atoms with Crippen LogP contribution in [0.1, 0.15) is 10.4 Å². The van der Waals surface area contributed by atoms with E-state index >= 15 is 0 Å². The van der Waals surface area contributed by atoms with Gasteiger partial charge in [-0.1, -0.05) is 6.07 Å². The van der Waals surface area contributed by atoms with Crippen molar-refractivity contribution < 1.29 is 9.72 Å². The predicted octanol–water partition coefficient (Wildman–Crippen LogP) is 3.22. The molecule has 23 heavy (non-hydrogen) atoms. The highest BCUT2D eigenvalue weighted by atomic mass is 16.6. The second-order valence-corrected chi connectivity index (χ2v) is 5.40. The van der Waals surface area contributed by atoms with Crippen LogP contribution in [0.2, 0.25) is 0 Å². The molecule has 0 spiro atoms. The van der Waals surface area contributed by atoms with Crippen LogP contribution in [0.4, 0.5) is 5.69 Å². The van der Waals surface area contributed by atoms with Crippen LogP contribution in [-0.4, -0.2) is 34.2 Å². The minimum absolute atomic E-state index is 0.0409. The molecule has 116 valence electrons. The first-order chi connectivity index (χ1) is 11.0. The maximum atomic E-state index is 12.4. The number of pyridine rings is 1. The molecular weight excluding hydrogens is 294 g/mol. The third-order valence-electron chi connectivity index (χ3n) is 3.69. The Morgan fingerprint density at radius 3 is 2.43 bits per heavy atom. The van der Waals surface area contributed by atoms with Crippen molar-refractivity contribution in [1.82, 2.24) is 9.30 Å². The van der Waals surface area contributed by atoms with Crippen molar-refractivity contribution in [2.75, 3.05) is 14.1 Å². The number of aromatic nitrogens is 1. The lowest BCUT2D eigenvalue weighted by molar-refractivity contribution is -0.384. The summed E-state index contributed by atoms with van der Waals surface area (Å²) < 4.78 is 1.91. The van der Waals surface area contributed by atoms with Crippen LogP contribution in [0.3, 0.4) is 0 Å². The Balaban J connectivity index is 2.18. The molecule has 0 aliphatic carbocycles. The van der Waals surface area contributed by atoms with Gasteiger partial charge in [0, 0.05) is 32.4 Å². The molecule has 0 N–H and O–H groups in total. The van der Waals surface area contributed by atoms with Crippen LogP contribution in [0.25, 0.3) is 16.8 Å². The molecule has 0 bridgehead atoms. The minimum Gasteiger partial charge on any atom is -0.345 e. The van der Waals surface area contributed by atoms with Crippen molar-refractivity contribution in [2.24, 2.45) is 0 Å². The molecule has 0 aliphatic rings. The lowest BCUT2D eigenvalue weighted by Gasteiger charge is -2.08. The first-order valence-corrected chi connectivity index (χ1v) is 7.05. The van der Waals surface area contributed by atoms with Gasteiger partial charge in [-0.15, -0.1) is 0 Å². The fraction of sp³-hybridized carbons (Fsp3) is 0.118. The summed E-state index contributed by atoms with van der Waals surface area (Å²) in [7, 11) is 3.42. The normalized spacial score (nSPS) is 10.7. The van der Waals surface area contributed by atoms with Crippen molar-refractivity contribution >= 4 is 17.1 Å². The highest BCUT2D eigenvalue weighted by molar-refractivity contribution is 6.02. The van der Waals surface area contributed by atoms with Gasteiger partial charge in [-0.3, -0.25) is 14.9 Å². The van der Waals surface area contributed by atoms with Gasteiger partial charge < -0.3 is 9.30 Å². The zero-order chi connectivity index (χ0) is 16.6. The van der Waals surface area contributed by atoms with E-state index in [1.807, 2.05) is 34.9 Å². The molecule has 0 saturated carbocycles. The molecule has 6 heteroatoms. The van der Waals surface area contributed by atoms with Crippen LogP contribution in [-0.2, 0) is 0 Å². The molecule has 3 aromatic rings. The maximum absolute atomic E-state index is 12.4. The molecule has 0 unspecified atom stereocenters. The number of nitrogens with zero attached hydrogens (tertiary/aromatic N) is 3. The SMILES string of the molecule is CN(C)C(=O)c1cc(-c2ccc([N+](=O)[O-])cc2)n2ccccc12. The van der Waals surface area contributed by atoms with E-state index in [0.29, 0.717) is 5.56 Å². The number of fused-ring (bicyclic) bond motifs is 1. The number of nitro benzene ring substituents is 1. The molecule has 2 heterocycles. The van der Waals surface area contributed by atoms with Crippen molar-refractivity contribution in [3.05, 3.63) is 70.4 Å². The molecule has 1 aromatic carbocycles. The Labute approximate surface area is 132 Å². The van der Waals surface area contributed by atoms with E-state index in [0.717, 1.165) is 16.8 Å². The van der Waals surface area contributed by atoms with Gasteiger partial charge in [0.25, 0.3) is 11.6 Å². The van der Waals surface area contributed by atoms with E-state index in [1.54, 1.807) is 26.2 Å². The number of amides is 1. The summed E-state index contributed by atoms with van der Waals surface area (Å²) in [5, 5.41) is 10.8. The highest BCUT2D eigenvalue weighted by Gasteiger charge is 2.17. The second-order valence-electron chi connectivity index (χ2n) is 5.40.